The van der Waals surface area contributed by atoms with Crippen LogP contribution in [0.2, 0.25) is 0 Å². The first kappa shape index (κ1) is 16.4. The Morgan fingerprint density at radius 2 is 1.71 bits per heavy atom. The first-order valence-electron chi connectivity index (χ1n) is 8.14. The van der Waals surface area contributed by atoms with E-state index in [1.165, 1.54) is 5.56 Å². The highest BCUT2D eigenvalue weighted by atomic mass is 16.4. The lowest BCUT2D eigenvalue weighted by Gasteiger charge is -2.26. The minimum atomic E-state index is 0.128. The van der Waals surface area contributed by atoms with E-state index in [0.29, 0.717) is 18.9 Å². The number of aliphatic hydroxyl groups is 1. The van der Waals surface area contributed by atoms with Gasteiger partial charge in [-0.25, -0.2) is 4.98 Å². The summed E-state index contributed by atoms with van der Waals surface area (Å²) in [6, 6.07) is 20.3. The zero-order valence-corrected chi connectivity index (χ0v) is 13.8. The van der Waals surface area contributed by atoms with E-state index in [0.717, 1.165) is 11.3 Å². The molecule has 0 aliphatic carbocycles. The predicted molar refractivity (Wildman–Crippen MR) is 94.3 cm³/mol. The number of hydrogen-bond donors (Lipinski definition) is 1. The lowest BCUT2D eigenvalue weighted by molar-refractivity contribution is 0.169. The maximum Gasteiger partial charge on any atom is 0.209 e. The Bertz CT molecular complexity index is 741. The summed E-state index contributed by atoms with van der Waals surface area (Å²) >= 11 is 0. The molecule has 2 aromatic carbocycles. The van der Waals surface area contributed by atoms with Gasteiger partial charge in [0, 0.05) is 18.2 Å². The highest BCUT2D eigenvalue weighted by Gasteiger charge is 2.18. The van der Waals surface area contributed by atoms with Crippen molar-refractivity contribution in [3.05, 3.63) is 78.3 Å². The fourth-order valence-corrected chi connectivity index (χ4v) is 2.88. The molecule has 3 aromatic rings. The average Bonchev–Trinajstić information content (AvgIpc) is 3.09. The number of rotatable bonds is 7. The van der Waals surface area contributed by atoms with Crippen LogP contribution < -0.4 is 0 Å². The van der Waals surface area contributed by atoms with E-state index in [9.17, 15) is 5.11 Å². The van der Waals surface area contributed by atoms with E-state index in [4.69, 9.17) is 4.42 Å². The molecule has 1 aromatic heterocycles. The molecular formula is C20H22N2O2. The van der Waals surface area contributed by atoms with Crippen LogP contribution in [0.1, 0.15) is 23.9 Å². The molecule has 0 aliphatic heterocycles. The third-order valence-corrected chi connectivity index (χ3v) is 4.12. The molecule has 3 rings (SSSR count). The second-order valence-electron chi connectivity index (χ2n) is 5.84. The number of hydrogen-bond acceptors (Lipinski definition) is 4. The standard InChI is InChI=1S/C20H22N2O2/c1-22(18(12-13-23)16-8-4-2-5-9-16)15-20-21-14-19(24-20)17-10-6-3-7-11-17/h2-11,14,18,23H,12-13,15H2,1H3. The Morgan fingerprint density at radius 1 is 1.04 bits per heavy atom. The van der Waals surface area contributed by atoms with Crippen molar-refractivity contribution in [1.29, 1.82) is 0 Å². The molecule has 4 nitrogen and oxygen atoms in total. The van der Waals surface area contributed by atoms with Gasteiger partial charge in [-0.3, -0.25) is 4.90 Å². The third kappa shape index (κ3) is 3.91. The van der Waals surface area contributed by atoms with E-state index in [1.54, 1.807) is 6.20 Å². The van der Waals surface area contributed by atoms with Crippen LogP contribution in [0.4, 0.5) is 0 Å². The third-order valence-electron chi connectivity index (χ3n) is 4.12. The van der Waals surface area contributed by atoms with E-state index < -0.39 is 0 Å². The summed E-state index contributed by atoms with van der Waals surface area (Å²) in [5.41, 5.74) is 2.21. The van der Waals surface area contributed by atoms with Crippen molar-refractivity contribution in [3.63, 3.8) is 0 Å². The number of aromatic nitrogens is 1. The number of oxazole rings is 1. The van der Waals surface area contributed by atoms with Crippen LogP contribution in [0.5, 0.6) is 0 Å². The van der Waals surface area contributed by atoms with Gasteiger partial charge in [0.25, 0.3) is 0 Å². The van der Waals surface area contributed by atoms with Crippen molar-refractivity contribution in [2.75, 3.05) is 13.7 Å². The van der Waals surface area contributed by atoms with Crippen molar-refractivity contribution in [2.45, 2.75) is 19.0 Å². The van der Waals surface area contributed by atoms with E-state index >= 15 is 0 Å². The van der Waals surface area contributed by atoms with Gasteiger partial charge in [-0.2, -0.15) is 0 Å². The molecular weight excluding hydrogens is 300 g/mol. The van der Waals surface area contributed by atoms with Crippen LogP contribution >= 0.6 is 0 Å². The van der Waals surface area contributed by atoms with Crippen molar-refractivity contribution < 1.29 is 9.52 Å². The highest BCUT2D eigenvalue weighted by Crippen LogP contribution is 2.26. The molecule has 0 amide bonds. The molecule has 0 bridgehead atoms. The molecule has 1 atom stereocenters. The van der Waals surface area contributed by atoms with Crippen LogP contribution in [-0.4, -0.2) is 28.6 Å². The molecule has 0 spiro atoms. The number of benzene rings is 2. The molecule has 124 valence electrons. The molecule has 0 fully saturated rings. The minimum Gasteiger partial charge on any atom is -0.439 e. The Morgan fingerprint density at radius 3 is 2.38 bits per heavy atom. The zero-order chi connectivity index (χ0) is 16.8. The van der Waals surface area contributed by atoms with Crippen LogP contribution in [-0.2, 0) is 6.54 Å². The highest BCUT2D eigenvalue weighted by molar-refractivity contribution is 5.55. The smallest absolute Gasteiger partial charge is 0.209 e. The summed E-state index contributed by atoms with van der Waals surface area (Å²) in [4.78, 5) is 6.56. The van der Waals surface area contributed by atoms with Gasteiger partial charge >= 0.3 is 0 Å². The molecule has 24 heavy (non-hydrogen) atoms. The molecule has 0 saturated carbocycles. The van der Waals surface area contributed by atoms with Gasteiger partial charge in [-0.1, -0.05) is 60.7 Å². The Hall–Kier alpha value is -2.43. The Balaban J connectivity index is 1.73. The monoisotopic (exact) mass is 322 g/mol. The quantitative estimate of drug-likeness (QED) is 0.717. The van der Waals surface area contributed by atoms with Crippen LogP contribution in [0.25, 0.3) is 11.3 Å². The number of nitrogens with zero attached hydrogens (tertiary/aromatic N) is 2. The maximum atomic E-state index is 9.40. The molecule has 1 unspecified atom stereocenters. The molecule has 4 heteroatoms. The van der Waals surface area contributed by atoms with E-state index in [1.807, 2.05) is 55.6 Å². The summed E-state index contributed by atoms with van der Waals surface area (Å²) in [5, 5.41) is 9.40. The van der Waals surface area contributed by atoms with Gasteiger partial charge in [0.2, 0.25) is 5.89 Å². The fraction of sp³-hybridized carbons (Fsp3) is 0.250. The van der Waals surface area contributed by atoms with Crippen molar-refractivity contribution in [1.82, 2.24) is 9.88 Å². The van der Waals surface area contributed by atoms with Gasteiger partial charge < -0.3 is 9.52 Å². The van der Waals surface area contributed by atoms with E-state index in [-0.39, 0.29) is 12.6 Å². The van der Waals surface area contributed by atoms with Crippen LogP contribution in [0.15, 0.2) is 71.3 Å². The van der Waals surface area contributed by atoms with Gasteiger partial charge in [0.1, 0.15) is 0 Å². The topological polar surface area (TPSA) is 49.5 Å². The predicted octanol–water partition coefficient (Wildman–Crippen LogP) is 3.90. The van der Waals surface area contributed by atoms with Gasteiger partial charge in [-0.05, 0) is 19.0 Å². The van der Waals surface area contributed by atoms with Crippen molar-refractivity contribution in [2.24, 2.45) is 0 Å². The normalized spacial score (nSPS) is 12.5. The molecule has 0 saturated heterocycles. The Labute approximate surface area is 142 Å². The van der Waals surface area contributed by atoms with Gasteiger partial charge in [0.15, 0.2) is 5.76 Å². The first-order chi connectivity index (χ1) is 11.8. The summed E-state index contributed by atoms with van der Waals surface area (Å²) in [6.45, 7) is 0.733. The first-order valence-corrected chi connectivity index (χ1v) is 8.14. The van der Waals surface area contributed by atoms with Gasteiger partial charge in [0.05, 0.1) is 12.7 Å². The largest absolute Gasteiger partial charge is 0.439 e. The lowest BCUT2D eigenvalue weighted by Crippen LogP contribution is -2.25. The summed E-state index contributed by atoms with van der Waals surface area (Å²) in [5.74, 6) is 1.45. The molecule has 1 heterocycles. The van der Waals surface area contributed by atoms with Crippen LogP contribution in [0, 0.1) is 0 Å². The van der Waals surface area contributed by atoms with Crippen molar-refractivity contribution in [3.8, 4) is 11.3 Å². The SMILES string of the molecule is CN(Cc1ncc(-c2ccccc2)o1)C(CCO)c1ccccc1. The Kier molecular flexibility index (Phi) is 5.41. The zero-order valence-electron chi connectivity index (χ0n) is 13.8. The second kappa shape index (κ2) is 7.90. The average molecular weight is 322 g/mol. The summed E-state index contributed by atoms with van der Waals surface area (Å²) in [7, 11) is 2.03. The summed E-state index contributed by atoms with van der Waals surface area (Å²) in [6.07, 6.45) is 2.44. The van der Waals surface area contributed by atoms with Gasteiger partial charge in [-0.15, -0.1) is 0 Å². The minimum absolute atomic E-state index is 0.128. The maximum absolute atomic E-state index is 9.40. The number of aliphatic hydroxyl groups excluding tert-OH is 1. The second-order valence-corrected chi connectivity index (χ2v) is 5.84. The van der Waals surface area contributed by atoms with Crippen molar-refractivity contribution >= 4 is 0 Å². The molecule has 1 N–H and O–H groups in total. The molecule has 0 radical (unpaired) electrons. The molecule has 0 aliphatic rings. The fourth-order valence-electron chi connectivity index (χ4n) is 2.88. The lowest BCUT2D eigenvalue weighted by atomic mass is 10.0. The van der Waals surface area contributed by atoms with Crippen LogP contribution in [0.3, 0.4) is 0 Å². The van der Waals surface area contributed by atoms with E-state index in [2.05, 4.69) is 22.0 Å². The summed E-state index contributed by atoms with van der Waals surface area (Å²) < 4.78 is 5.89.